The van der Waals surface area contributed by atoms with Gasteiger partial charge < -0.3 is 15.3 Å². The van der Waals surface area contributed by atoms with Gasteiger partial charge in [0.25, 0.3) is 0 Å². The summed E-state index contributed by atoms with van der Waals surface area (Å²) in [6.07, 6.45) is 2.66. The highest BCUT2D eigenvalue weighted by atomic mass is 32.2. The molecule has 1 aliphatic heterocycles. The number of rotatable bonds is 6. The largest absolute Gasteiger partial charge is 0.399 e. The molecule has 2 fully saturated rings. The van der Waals surface area contributed by atoms with Crippen LogP contribution in [0.5, 0.6) is 0 Å². The molecule has 2 N–H and O–H groups in total. The van der Waals surface area contributed by atoms with Crippen LogP contribution in [-0.2, 0) is 19.7 Å². The minimum atomic E-state index is -3.96. The number of aliphatic hydroxyl groups excluding tert-OH is 1. The molecule has 176 valence electrons. The summed E-state index contributed by atoms with van der Waals surface area (Å²) < 4.78 is 28.2. The second-order valence-electron chi connectivity index (χ2n) is 8.47. The van der Waals surface area contributed by atoms with E-state index in [4.69, 9.17) is 4.84 Å². The molecule has 1 saturated carbocycles. The lowest BCUT2D eigenvalue weighted by Gasteiger charge is -2.30. The maximum atomic E-state index is 13.5. The number of hydrogen-bond donors (Lipinski definition) is 2. The van der Waals surface area contributed by atoms with Crippen LogP contribution in [0, 0.1) is 0 Å². The van der Waals surface area contributed by atoms with E-state index in [1.165, 1.54) is 11.4 Å². The number of oxime groups is 1. The lowest BCUT2D eigenvalue weighted by Crippen LogP contribution is -2.52. The minimum Gasteiger partial charge on any atom is -0.399 e. The fraction of sp³-hybridized carbons (Fsp3) is 0.417. The lowest BCUT2D eigenvalue weighted by atomic mass is 9.92. The van der Waals surface area contributed by atoms with E-state index in [-0.39, 0.29) is 23.9 Å². The van der Waals surface area contributed by atoms with Gasteiger partial charge in [-0.15, -0.1) is 0 Å². The number of benzene rings is 2. The summed E-state index contributed by atoms with van der Waals surface area (Å²) >= 11 is 0. The van der Waals surface area contributed by atoms with E-state index in [9.17, 15) is 18.3 Å². The van der Waals surface area contributed by atoms with Crippen LogP contribution in [0.25, 0.3) is 11.1 Å². The molecule has 4 rings (SSSR count). The fourth-order valence-corrected chi connectivity index (χ4v) is 6.07. The van der Waals surface area contributed by atoms with Crippen molar-refractivity contribution in [3.8, 4) is 11.1 Å². The maximum Gasteiger partial charge on any atom is 0.244 e. The molecule has 0 bridgehead atoms. The highest BCUT2D eigenvalue weighted by Gasteiger charge is 2.43. The quantitative estimate of drug-likeness (QED) is 0.630. The minimum absolute atomic E-state index is 0.0259. The van der Waals surface area contributed by atoms with Gasteiger partial charge in [-0.2, -0.15) is 4.31 Å². The van der Waals surface area contributed by atoms with Gasteiger partial charge in [0.1, 0.15) is 13.2 Å². The van der Waals surface area contributed by atoms with Crippen molar-refractivity contribution in [2.24, 2.45) is 5.16 Å². The lowest BCUT2D eigenvalue weighted by molar-refractivity contribution is -0.126. The van der Waals surface area contributed by atoms with Crippen LogP contribution in [0.2, 0.25) is 0 Å². The molecule has 8 nitrogen and oxygen atoms in total. The van der Waals surface area contributed by atoms with Crippen LogP contribution in [0.15, 0.2) is 64.6 Å². The van der Waals surface area contributed by atoms with E-state index >= 15 is 0 Å². The van der Waals surface area contributed by atoms with Gasteiger partial charge in [0.15, 0.2) is 0 Å². The first-order chi connectivity index (χ1) is 15.9. The van der Waals surface area contributed by atoms with Crippen molar-refractivity contribution in [2.75, 3.05) is 13.7 Å². The summed E-state index contributed by atoms with van der Waals surface area (Å²) in [4.78, 5) is 18.1. The summed E-state index contributed by atoms with van der Waals surface area (Å²) in [6.45, 7) is -0.0259. The molecule has 0 spiro atoms. The van der Waals surface area contributed by atoms with Crippen LogP contribution in [0.3, 0.4) is 0 Å². The smallest absolute Gasteiger partial charge is 0.244 e. The number of carbonyl (C=O) groups excluding carboxylic acids is 1. The Hall–Kier alpha value is -2.75. The first-order valence-electron chi connectivity index (χ1n) is 11.1. The average molecular weight is 472 g/mol. The summed E-state index contributed by atoms with van der Waals surface area (Å²) in [5.74, 6) is -0.424. The SMILES string of the molecule is CON=C1C[C@@H](C(=O)N[C@H]2CCCC[C@@H]2O)N(S(=O)(=O)c2ccc(-c3ccccc3)cc2)C1. The summed E-state index contributed by atoms with van der Waals surface area (Å²) in [7, 11) is -2.57. The third-order valence-electron chi connectivity index (χ3n) is 6.26. The van der Waals surface area contributed by atoms with Crippen LogP contribution < -0.4 is 5.32 Å². The first kappa shape index (κ1) is 23.4. The second-order valence-corrected chi connectivity index (χ2v) is 10.4. The molecule has 33 heavy (non-hydrogen) atoms. The van der Waals surface area contributed by atoms with Crippen molar-refractivity contribution in [3.05, 3.63) is 54.6 Å². The number of amides is 1. The number of aliphatic hydroxyl groups is 1. The standard InChI is InChI=1S/C24H29N3O5S/c1-32-26-19-15-22(24(29)25-21-9-5-6-10-23(21)28)27(16-19)33(30,31)20-13-11-18(12-14-20)17-7-3-2-4-8-17/h2-4,7-8,11-14,21-23,28H,5-6,9-10,15-16H2,1H3,(H,25,29)/t21-,22-,23-/m0/s1. The molecule has 0 radical (unpaired) electrons. The van der Waals surface area contributed by atoms with E-state index in [1.54, 1.807) is 24.3 Å². The van der Waals surface area contributed by atoms with Crippen LogP contribution in [0.4, 0.5) is 0 Å². The molecule has 9 heteroatoms. The van der Waals surface area contributed by atoms with E-state index in [0.29, 0.717) is 18.6 Å². The Bertz CT molecular complexity index is 1100. The molecule has 2 aromatic carbocycles. The Morgan fingerprint density at radius 1 is 1.06 bits per heavy atom. The van der Waals surface area contributed by atoms with Crippen molar-refractivity contribution in [1.29, 1.82) is 0 Å². The molecule has 0 unspecified atom stereocenters. The number of hydrogen-bond acceptors (Lipinski definition) is 6. The van der Waals surface area contributed by atoms with E-state index < -0.39 is 28.1 Å². The van der Waals surface area contributed by atoms with Crippen molar-refractivity contribution in [2.45, 2.75) is 55.2 Å². The molecule has 2 aromatic rings. The zero-order valence-electron chi connectivity index (χ0n) is 18.6. The Morgan fingerprint density at radius 3 is 2.39 bits per heavy atom. The highest BCUT2D eigenvalue weighted by Crippen LogP contribution is 2.28. The molecule has 1 amide bonds. The average Bonchev–Trinajstić information content (AvgIpc) is 3.27. The number of nitrogens with one attached hydrogen (secondary N) is 1. The van der Waals surface area contributed by atoms with Crippen LogP contribution >= 0.6 is 0 Å². The van der Waals surface area contributed by atoms with Gasteiger partial charge in [0, 0.05) is 6.42 Å². The van der Waals surface area contributed by atoms with Crippen molar-refractivity contribution >= 4 is 21.6 Å². The predicted octanol–water partition coefficient (Wildman–Crippen LogP) is 2.54. The van der Waals surface area contributed by atoms with Gasteiger partial charge >= 0.3 is 0 Å². The number of carbonyl (C=O) groups is 1. The van der Waals surface area contributed by atoms with Gasteiger partial charge in [-0.3, -0.25) is 4.79 Å². The molecule has 2 aliphatic rings. The zero-order chi connectivity index (χ0) is 23.4. The summed E-state index contributed by atoms with van der Waals surface area (Å²) in [5, 5.41) is 17.0. The van der Waals surface area contributed by atoms with Gasteiger partial charge in [-0.25, -0.2) is 8.42 Å². The van der Waals surface area contributed by atoms with Crippen molar-refractivity contribution in [3.63, 3.8) is 0 Å². The van der Waals surface area contributed by atoms with Crippen molar-refractivity contribution in [1.82, 2.24) is 9.62 Å². The summed E-state index contributed by atoms with van der Waals surface area (Å²) in [6, 6.07) is 15.0. The molecule has 0 aromatic heterocycles. The Labute approximate surface area is 194 Å². The van der Waals surface area contributed by atoms with Crippen LogP contribution in [0.1, 0.15) is 32.1 Å². The van der Waals surface area contributed by atoms with Crippen molar-refractivity contribution < 1.29 is 23.2 Å². The highest BCUT2D eigenvalue weighted by molar-refractivity contribution is 7.89. The summed E-state index contributed by atoms with van der Waals surface area (Å²) in [5.41, 5.74) is 2.37. The van der Waals surface area contributed by atoms with E-state index in [0.717, 1.165) is 24.0 Å². The third-order valence-corrected chi connectivity index (χ3v) is 8.13. The van der Waals surface area contributed by atoms with Crippen LogP contribution in [-0.4, -0.2) is 61.3 Å². The Kier molecular flexibility index (Phi) is 7.11. The second kappa shape index (κ2) is 10.0. The molecular formula is C24H29N3O5S. The maximum absolute atomic E-state index is 13.5. The molecule has 1 saturated heterocycles. The topological polar surface area (TPSA) is 108 Å². The number of nitrogens with zero attached hydrogens (tertiary/aromatic N) is 2. The van der Waals surface area contributed by atoms with Gasteiger partial charge in [0.05, 0.1) is 29.3 Å². The number of sulfonamides is 1. The fourth-order valence-electron chi connectivity index (χ4n) is 4.49. The monoisotopic (exact) mass is 471 g/mol. The molecular weight excluding hydrogens is 442 g/mol. The molecule has 1 heterocycles. The van der Waals surface area contributed by atoms with Gasteiger partial charge in [-0.1, -0.05) is 60.5 Å². The normalized spacial score (nSPS) is 25.2. The predicted molar refractivity (Wildman–Crippen MR) is 125 cm³/mol. The first-order valence-corrected chi connectivity index (χ1v) is 12.6. The Balaban J connectivity index is 1.58. The third kappa shape index (κ3) is 5.10. The van der Waals surface area contributed by atoms with Gasteiger partial charge in [-0.05, 0) is 36.1 Å². The van der Waals surface area contributed by atoms with E-state index in [2.05, 4.69) is 10.5 Å². The van der Waals surface area contributed by atoms with Gasteiger partial charge in [0.2, 0.25) is 15.9 Å². The molecule has 1 aliphatic carbocycles. The molecule has 3 atom stereocenters. The van der Waals surface area contributed by atoms with E-state index in [1.807, 2.05) is 30.3 Å². The zero-order valence-corrected chi connectivity index (χ0v) is 19.4. The Morgan fingerprint density at radius 2 is 1.73 bits per heavy atom.